The Balaban J connectivity index is 1.35. The van der Waals surface area contributed by atoms with Crippen molar-refractivity contribution in [1.29, 1.82) is 0 Å². The summed E-state index contributed by atoms with van der Waals surface area (Å²) in [5.74, 6) is -0.216. The predicted molar refractivity (Wildman–Crippen MR) is 119 cm³/mol. The molecular formula is C22H19N7O4. The van der Waals surface area contributed by atoms with Crippen molar-refractivity contribution in [3.8, 4) is 0 Å². The highest BCUT2D eigenvalue weighted by atomic mass is 16.4. The number of para-hydroxylation sites is 1. The van der Waals surface area contributed by atoms with Gasteiger partial charge in [-0.15, -0.1) is 0 Å². The summed E-state index contributed by atoms with van der Waals surface area (Å²) in [5, 5.41) is 14.6. The predicted octanol–water partition coefficient (Wildman–Crippen LogP) is 2.83. The van der Waals surface area contributed by atoms with Gasteiger partial charge in [0, 0.05) is 31.0 Å². The maximum Gasteiger partial charge on any atom is 0.407 e. The Morgan fingerprint density at radius 3 is 2.67 bits per heavy atom. The van der Waals surface area contributed by atoms with E-state index in [0.29, 0.717) is 47.6 Å². The molecule has 11 heteroatoms. The number of carbonyl (C=O) groups is 3. The molecule has 33 heavy (non-hydrogen) atoms. The minimum Gasteiger partial charge on any atom is -0.465 e. The third kappa shape index (κ3) is 3.99. The third-order valence-electron chi connectivity index (χ3n) is 5.47. The van der Waals surface area contributed by atoms with Crippen LogP contribution in [-0.4, -0.2) is 54.4 Å². The molecule has 0 atom stereocenters. The summed E-state index contributed by atoms with van der Waals surface area (Å²) in [4.78, 5) is 52.2. The van der Waals surface area contributed by atoms with Crippen LogP contribution in [0.5, 0.6) is 0 Å². The average Bonchev–Trinajstić information content (AvgIpc) is 3.47. The average molecular weight is 445 g/mol. The number of amides is 3. The van der Waals surface area contributed by atoms with Crippen molar-refractivity contribution in [2.75, 3.05) is 17.2 Å². The molecule has 2 aromatic carbocycles. The van der Waals surface area contributed by atoms with Gasteiger partial charge in [0.25, 0.3) is 11.8 Å². The maximum absolute atomic E-state index is 12.8. The number of imidazole rings is 2. The second-order valence-electron chi connectivity index (χ2n) is 7.57. The van der Waals surface area contributed by atoms with E-state index in [4.69, 9.17) is 0 Å². The Morgan fingerprint density at radius 1 is 1.03 bits per heavy atom. The Hall–Kier alpha value is -4.67. The SMILES string of the molecule is O=C(Nc1nc2c(C(=O)Nc3ncc[nH]3)cccc2[nH]1)c1ccc2c(c1)CCN(C(=O)O)C2. The number of rotatable bonds is 4. The van der Waals surface area contributed by atoms with Crippen LogP contribution in [0.4, 0.5) is 16.7 Å². The monoisotopic (exact) mass is 445 g/mol. The molecular weight excluding hydrogens is 426 g/mol. The zero-order valence-corrected chi connectivity index (χ0v) is 17.3. The second kappa shape index (κ2) is 8.11. The van der Waals surface area contributed by atoms with E-state index in [0.717, 1.165) is 11.1 Å². The highest BCUT2D eigenvalue weighted by Crippen LogP contribution is 2.23. The minimum atomic E-state index is -0.954. The maximum atomic E-state index is 12.8. The van der Waals surface area contributed by atoms with Crippen LogP contribution in [0.1, 0.15) is 31.8 Å². The van der Waals surface area contributed by atoms with Crippen molar-refractivity contribution in [2.45, 2.75) is 13.0 Å². The lowest BCUT2D eigenvalue weighted by molar-refractivity contribution is 0.101. The number of fused-ring (bicyclic) bond motifs is 2. The quantitative estimate of drug-likeness (QED) is 0.325. The number of carboxylic acid groups (broad SMARTS) is 1. The molecule has 0 aliphatic carbocycles. The molecule has 3 heterocycles. The van der Waals surface area contributed by atoms with E-state index < -0.39 is 6.09 Å². The van der Waals surface area contributed by atoms with Crippen molar-refractivity contribution >= 4 is 40.8 Å². The smallest absolute Gasteiger partial charge is 0.407 e. The Morgan fingerprint density at radius 2 is 1.88 bits per heavy atom. The number of benzene rings is 2. The fourth-order valence-corrected chi connectivity index (χ4v) is 3.82. The lowest BCUT2D eigenvalue weighted by atomic mass is 9.97. The number of hydrogen-bond acceptors (Lipinski definition) is 5. The minimum absolute atomic E-state index is 0.211. The Kier molecular flexibility index (Phi) is 4.98. The van der Waals surface area contributed by atoms with Gasteiger partial charge in [-0.2, -0.15) is 0 Å². The Labute approximate surface area is 186 Å². The first-order chi connectivity index (χ1) is 16.0. The van der Waals surface area contributed by atoms with Crippen LogP contribution in [0, 0.1) is 0 Å². The summed E-state index contributed by atoms with van der Waals surface area (Å²) >= 11 is 0. The van der Waals surface area contributed by atoms with Gasteiger partial charge in [0.15, 0.2) is 0 Å². The molecule has 3 amide bonds. The van der Waals surface area contributed by atoms with Crippen LogP contribution >= 0.6 is 0 Å². The normalized spacial score (nSPS) is 12.9. The molecule has 4 aromatic rings. The first kappa shape index (κ1) is 20.2. The van der Waals surface area contributed by atoms with Crippen LogP contribution in [0.3, 0.4) is 0 Å². The molecule has 0 spiro atoms. The van der Waals surface area contributed by atoms with Crippen LogP contribution in [0.25, 0.3) is 11.0 Å². The van der Waals surface area contributed by atoms with Gasteiger partial charge in [-0.3, -0.25) is 20.2 Å². The Bertz CT molecular complexity index is 1380. The zero-order valence-electron chi connectivity index (χ0n) is 17.3. The van der Waals surface area contributed by atoms with Crippen LogP contribution in [0.2, 0.25) is 0 Å². The lowest BCUT2D eigenvalue weighted by Crippen LogP contribution is -2.34. The van der Waals surface area contributed by atoms with Crippen molar-refractivity contribution in [2.24, 2.45) is 0 Å². The zero-order chi connectivity index (χ0) is 22.9. The van der Waals surface area contributed by atoms with Gasteiger partial charge in [-0.1, -0.05) is 12.1 Å². The van der Waals surface area contributed by atoms with Crippen LogP contribution in [0.15, 0.2) is 48.8 Å². The summed E-state index contributed by atoms with van der Waals surface area (Å²) in [7, 11) is 0. The van der Waals surface area contributed by atoms with Gasteiger partial charge in [0.05, 0.1) is 11.1 Å². The molecule has 2 aromatic heterocycles. The number of anilines is 2. The van der Waals surface area contributed by atoms with E-state index >= 15 is 0 Å². The molecule has 11 nitrogen and oxygen atoms in total. The summed E-state index contributed by atoms with van der Waals surface area (Å²) in [5.41, 5.74) is 3.61. The third-order valence-corrected chi connectivity index (χ3v) is 5.47. The molecule has 0 bridgehead atoms. The van der Waals surface area contributed by atoms with E-state index in [1.54, 1.807) is 42.6 Å². The van der Waals surface area contributed by atoms with E-state index in [1.165, 1.54) is 11.1 Å². The van der Waals surface area contributed by atoms with Gasteiger partial charge >= 0.3 is 6.09 Å². The first-order valence-corrected chi connectivity index (χ1v) is 10.2. The van der Waals surface area contributed by atoms with Crippen molar-refractivity contribution < 1.29 is 19.5 Å². The molecule has 1 aliphatic heterocycles. The largest absolute Gasteiger partial charge is 0.465 e. The molecule has 166 valence electrons. The molecule has 0 saturated heterocycles. The van der Waals surface area contributed by atoms with Crippen molar-refractivity contribution in [1.82, 2.24) is 24.8 Å². The van der Waals surface area contributed by atoms with Gasteiger partial charge in [-0.05, 0) is 41.8 Å². The molecule has 5 rings (SSSR count). The summed E-state index contributed by atoms with van der Waals surface area (Å²) in [6.07, 6.45) is 2.72. The highest BCUT2D eigenvalue weighted by Gasteiger charge is 2.21. The van der Waals surface area contributed by atoms with E-state index in [1.807, 2.05) is 0 Å². The van der Waals surface area contributed by atoms with Gasteiger partial charge in [-0.25, -0.2) is 14.8 Å². The number of aromatic amines is 2. The van der Waals surface area contributed by atoms with Crippen LogP contribution in [-0.2, 0) is 13.0 Å². The molecule has 0 unspecified atom stereocenters. The number of H-pyrrole nitrogens is 2. The fourth-order valence-electron chi connectivity index (χ4n) is 3.82. The molecule has 0 saturated carbocycles. The van der Waals surface area contributed by atoms with Crippen molar-refractivity contribution in [3.05, 3.63) is 71.0 Å². The van der Waals surface area contributed by atoms with E-state index in [2.05, 4.69) is 30.6 Å². The number of carbonyl (C=O) groups excluding carboxylic acids is 2. The van der Waals surface area contributed by atoms with Gasteiger partial charge < -0.3 is 20.0 Å². The first-order valence-electron chi connectivity index (χ1n) is 10.2. The molecule has 5 N–H and O–H groups in total. The van der Waals surface area contributed by atoms with Gasteiger partial charge in [0.2, 0.25) is 11.9 Å². The number of aromatic nitrogens is 4. The number of nitrogens with zero attached hydrogens (tertiary/aromatic N) is 3. The number of hydrogen-bond donors (Lipinski definition) is 5. The second-order valence-corrected chi connectivity index (χ2v) is 7.57. The fraction of sp³-hybridized carbons (Fsp3) is 0.136. The molecule has 1 aliphatic rings. The summed E-state index contributed by atoms with van der Waals surface area (Å²) in [6.45, 7) is 0.693. The summed E-state index contributed by atoms with van der Waals surface area (Å²) < 4.78 is 0. The highest BCUT2D eigenvalue weighted by molar-refractivity contribution is 6.11. The lowest BCUT2D eigenvalue weighted by Gasteiger charge is -2.26. The molecule has 0 fully saturated rings. The van der Waals surface area contributed by atoms with E-state index in [-0.39, 0.29) is 17.8 Å². The molecule has 0 radical (unpaired) electrons. The standard InChI is InChI=1S/C22H19N7O4/c30-18(13-4-5-14-11-29(22(32)33)9-6-12(14)10-13)27-21-25-16-3-1-2-15(17(16)26-21)19(31)28-20-23-7-8-24-20/h1-5,7-8,10H,6,9,11H2,(H,32,33)(H2,23,24,28,31)(H2,25,26,27,30). The topological polar surface area (TPSA) is 156 Å². The summed E-state index contributed by atoms with van der Waals surface area (Å²) in [6, 6.07) is 10.3. The van der Waals surface area contributed by atoms with Gasteiger partial charge in [0.1, 0.15) is 5.52 Å². The number of nitrogens with one attached hydrogen (secondary N) is 4. The van der Waals surface area contributed by atoms with Crippen LogP contribution < -0.4 is 10.6 Å². The van der Waals surface area contributed by atoms with Crippen molar-refractivity contribution in [3.63, 3.8) is 0 Å². The van der Waals surface area contributed by atoms with E-state index in [9.17, 15) is 19.5 Å².